The molecule has 2 aliphatic heterocycles. The van der Waals surface area contributed by atoms with E-state index in [1.807, 2.05) is 18.2 Å². The fourth-order valence-electron chi connectivity index (χ4n) is 6.71. The standard InChI is InChI=1S/C36H44N6O8S/c1-35(2,3)50-34(47)40-24-11-9-7-5-6-8-10-20-17-36(20,32(45)46)41-30(43)28-15-22(18-42(28)31(24)44)49-29-16-26(27-19-51-33(37)39-27)38-25-14-21(48-4)12-13-23(25)29/h8,10,12-14,16,19-20,22,24,28H,5-7,9,11,15,17-18H2,1-4H3,(H2,37,39)(H,40,47)(H,41,43)(H,45,46)/b10-8-/t20-,22-,24+,28+,36-/m1/s1. The summed E-state index contributed by atoms with van der Waals surface area (Å²) < 4.78 is 17.5. The van der Waals surface area contributed by atoms with Gasteiger partial charge in [-0.05, 0) is 58.6 Å². The maximum Gasteiger partial charge on any atom is 0.408 e. The highest BCUT2D eigenvalue weighted by Gasteiger charge is 2.61. The first-order valence-corrected chi connectivity index (χ1v) is 18.0. The molecule has 0 spiro atoms. The number of hydrogen-bond donors (Lipinski definition) is 4. The zero-order valence-corrected chi connectivity index (χ0v) is 30.0. The zero-order chi connectivity index (χ0) is 36.5. The molecule has 3 aromatic rings. The maximum atomic E-state index is 14.4. The van der Waals surface area contributed by atoms with Crippen molar-refractivity contribution in [2.75, 3.05) is 19.4 Å². The molecule has 15 heteroatoms. The number of allylic oxidation sites excluding steroid dienone is 1. The number of alkyl carbamates (subject to hydrolysis) is 1. The van der Waals surface area contributed by atoms with Crippen molar-refractivity contribution >= 4 is 51.2 Å². The topological polar surface area (TPSA) is 195 Å². The molecular formula is C36H44N6O8S. The van der Waals surface area contributed by atoms with Gasteiger partial charge in [-0.25, -0.2) is 19.6 Å². The molecule has 1 aromatic carbocycles. The van der Waals surface area contributed by atoms with Gasteiger partial charge in [-0.15, -0.1) is 11.3 Å². The second kappa shape index (κ2) is 14.4. The van der Waals surface area contributed by atoms with E-state index in [1.54, 1.807) is 51.5 Å². The molecule has 1 aliphatic carbocycles. The smallest absolute Gasteiger partial charge is 0.408 e. The molecular weight excluding hydrogens is 676 g/mol. The number of rotatable bonds is 6. The van der Waals surface area contributed by atoms with Crippen LogP contribution in [-0.4, -0.2) is 86.8 Å². The lowest BCUT2D eigenvalue weighted by molar-refractivity contribution is -0.145. The minimum Gasteiger partial charge on any atom is -0.497 e. The summed E-state index contributed by atoms with van der Waals surface area (Å²) in [6.45, 7) is 5.21. The van der Waals surface area contributed by atoms with Crippen molar-refractivity contribution in [3.8, 4) is 22.9 Å². The number of aromatic nitrogens is 2. The SMILES string of the molecule is COc1ccc2c(O[C@@H]3C[C@H]4C(=O)N[C@]5(C(=O)O)C[C@H]5/C=C\CCCCC[C@H](NC(=O)OC(C)(C)C)C(=O)N4C3)cc(-c3csc(N)n3)nc2c1. The highest BCUT2D eigenvalue weighted by atomic mass is 32.1. The Balaban J connectivity index is 1.34. The molecule has 0 bridgehead atoms. The van der Waals surface area contributed by atoms with E-state index in [0.29, 0.717) is 51.8 Å². The third-order valence-corrected chi connectivity index (χ3v) is 10.0. The number of anilines is 1. The van der Waals surface area contributed by atoms with Crippen LogP contribution < -0.4 is 25.8 Å². The van der Waals surface area contributed by atoms with Crippen molar-refractivity contribution in [1.82, 2.24) is 25.5 Å². The number of carbonyl (C=O) groups excluding carboxylic acids is 3. The largest absolute Gasteiger partial charge is 0.497 e. The molecule has 3 amide bonds. The maximum absolute atomic E-state index is 14.4. The number of methoxy groups -OCH3 is 1. The van der Waals surface area contributed by atoms with Gasteiger partial charge in [-0.2, -0.15) is 0 Å². The number of carboxylic acids is 1. The van der Waals surface area contributed by atoms with Crippen molar-refractivity contribution < 1.29 is 38.5 Å². The lowest BCUT2D eigenvalue weighted by Gasteiger charge is -2.30. The summed E-state index contributed by atoms with van der Waals surface area (Å²) in [4.78, 5) is 64.4. The number of pyridine rings is 1. The Labute approximate surface area is 299 Å². The van der Waals surface area contributed by atoms with E-state index in [0.717, 1.165) is 19.3 Å². The first kappa shape index (κ1) is 35.9. The van der Waals surface area contributed by atoms with Crippen LogP contribution in [0.3, 0.4) is 0 Å². The highest BCUT2D eigenvalue weighted by molar-refractivity contribution is 7.13. The summed E-state index contributed by atoms with van der Waals surface area (Å²) in [6.07, 6.45) is 6.05. The fraction of sp³-hybridized carbons (Fsp3) is 0.500. The number of nitrogens with one attached hydrogen (secondary N) is 2. The van der Waals surface area contributed by atoms with Crippen LogP contribution in [0.15, 0.2) is 41.8 Å². The molecule has 6 rings (SSSR count). The van der Waals surface area contributed by atoms with E-state index in [1.165, 1.54) is 16.2 Å². The summed E-state index contributed by atoms with van der Waals surface area (Å²) in [5.74, 6) is -1.52. The van der Waals surface area contributed by atoms with Crippen LogP contribution in [-0.2, 0) is 19.1 Å². The van der Waals surface area contributed by atoms with Crippen LogP contribution in [0.5, 0.6) is 11.5 Å². The second-order valence-corrected chi connectivity index (χ2v) is 15.2. The van der Waals surface area contributed by atoms with Crippen molar-refractivity contribution in [3.05, 3.63) is 41.8 Å². The van der Waals surface area contributed by atoms with E-state index in [2.05, 4.69) is 15.6 Å². The molecule has 0 radical (unpaired) electrons. The Hall–Kier alpha value is -4.92. The molecule has 5 N–H and O–H groups in total. The van der Waals surface area contributed by atoms with E-state index in [4.69, 9.17) is 24.9 Å². The molecule has 51 heavy (non-hydrogen) atoms. The van der Waals surface area contributed by atoms with Gasteiger partial charge >= 0.3 is 12.1 Å². The van der Waals surface area contributed by atoms with Gasteiger partial charge in [0.25, 0.3) is 0 Å². The van der Waals surface area contributed by atoms with Crippen molar-refractivity contribution in [2.24, 2.45) is 5.92 Å². The number of nitrogens with two attached hydrogens (primary N) is 1. The van der Waals surface area contributed by atoms with Crippen LogP contribution in [0, 0.1) is 5.92 Å². The normalized spacial score (nSPS) is 26.2. The first-order valence-electron chi connectivity index (χ1n) is 17.1. The van der Waals surface area contributed by atoms with Gasteiger partial charge in [-0.1, -0.05) is 25.0 Å². The minimum absolute atomic E-state index is 0.00573. The second-order valence-electron chi connectivity index (χ2n) is 14.3. The Kier molecular flexibility index (Phi) is 10.1. The molecule has 0 unspecified atom stereocenters. The predicted molar refractivity (Wildman–Crippen MR) is 190 cm³/mol. The minimum atomic E-state index is -1.46. The predicted octanol–water partition coefficient (Wildman–Crippen LogP) is 4.67. The number of thiazole rings is 1. The number of carboxylic acid groups (broad SMARTS) is 1. The van der Waals surface area contributed by atoms with Crippen LogP contribution in [0.1, 0.15) is 65.7 Å². The number of ether oxygens (including phenoxy) is 3. The summed E-state index contributed by atoms with van der Waals surface area (Å²) in [7, 11) is 1.56. The Bertz CT molecular complexity index is 1860. The molecule has 1 saturated carbocycles. The number of nitrogens with zero attached hydrogens (tertiary/aromatic N) is 3. The average molecular weight is 721 g/mol. The van der Waals surface area contributed by atoms with Crippen LogP contribution in [0.2, 0.25) is 0 Å². The number of benzene rings is 1. The number of carbonyl (C=O) groups is 4. The molecule has 1 saturated heterocycles. The molecule has 2 fully saturated rings. The lowest BCUT2D eigenvalue weighted by atomic mass is 10.0. The number of amides is 3. The number of fused-ring (bicyclic) bond motifs is 3. The van der Waals surface area contributed by atoms with Crippen LogP contribution >= 0.6 is 11.3 Å². The molecule has 272 valence electrons. The monoisotopic (exact) mass is 720 g/mol. The van der Waals surface area contributed by atoms with Gasteiger partial charge in [0.1, 0.15) is 46.5 Å². The Morgan fingerprint density at radius 1 is 1.14 bits per heavy atom. The van der Waals surface area contributed by atoms with Gasteiger partial charge in [0, 0.05) is 35.2 Å². The average Bonchev–Trinajstić information content (AvgIpc) is 3.34. The van der Waals surface area contributed by atoms with Gasteiger partial charge in [0.05, 0.1) is 24.9 Å². The quantitative estimate of drug-likeness (QED) is 0.259. The van der Waals surface area contributed by atoms with Crippen molar-refractivity contribution in [1.29, 1.82) is 0 Å². The third kappa shape index (κ3) is 8.03. The Morgan fingerprint density at radius 3 is 2.65 bits per heavy atom. The summed E-state index contributed by atoms with van der Waals surface area (Å²) in [5, 5.41) is 18.6. The van der Waals surface area contributed by atoms with Gasteiger partial charge in [0.15, 0.2) is 5.13 Å². The van der Waals surface area contributed by atoms with Crippen LogP contribution in [0.25, 0.3) is 22.3 Å². The number of hydrogen-bond acceptors (Lipinski definition) is 11. The fourth-order valence-corrected chi connectivity index (χ4v) is 7.27. The summed E-state index contributed by atoms with van der Waals surface area (Å²) in [6, 6.07) is 5.08. The number of aliphatic carboxylic acids is 1. The van der Waals surface area contributed by atoms with E-state index < -0.39 is 53.2 Å². The highest BCUT2D eigenvalue weighted by Crippen LogP contribution is 2.45. The number of nitrogen functional groups attached to an aromatic ring is 1. The van der Waals surface area contributed by atoms with E-state index in [9.17, 15) is 24.3 Å². The van der Waals surface area contributed by atoms with Crippen molar-refractivity contribution in [2.45, 2.75) is 95.0 Å². The van der Waals surface area contributed by atoms with Gasteiger partial charge in [0.2, 0.25) is 11.8 Å². The third-order valence-electron chi connectivity index (χ3n) is 9.37. The van der Waals surface area contributed by atoms with E-state index in [-0.39, 0.29) is 25.3 Å². The molecule has 2 aromatic heterocycles. The van der Waals surface area contributed by atoms with Crippen molar-refractivity contribution in [3.63, 3.8) is 0 Å². The molecule has 14 nitrogen and oxygen atoms in total. The van der Waals surface area contributed by atoms with Gasteiger partial charge < -0.3 is 40.6 Å². The summed E-state index contributed by atoms with van der Waals surface area (Å²) in [5.41, 5.74) is 5.32. The molecule has 5 atom stereocenters. The van der Waals surface area contributed by atoms with Gasteiger partial charge in [-0.3, -0.25) is 9.59 Å². The summed E-state index contributed by atoms with van der Waals surface area (Å²) >= 11 is 1.28. The lowest BCUT2D eigenvalue weighted by Crippen LogP contribution is -2.56. The molecule has 4 heterocycles. The van der Waals surface area contributed by atoms with Crippen LogP contribution in [0.4, 0.5) is 9.93 Å². The van der Waals surface area contributed by atoms with E-state index >= 15 is 0 Å². The molecule has 3 aliphatic rings. The Morgan fingerprint density at radius 2 is 1.94 bits per heavy atom. The zero-order valence-electron chi connectivity index (χ0n) is 29.1. The first-order chi connectivity index (χ1) is 24.3.